The van der Waals surface area contributed by atoms with E-state index in [1.54, 1.807) is 36.5 Å². The van der Waals surface area contributed by atoms with E-state index in [-0.39, 0.29) is 17.0 Å². The topological polar surface area (TPSA) is 85.1 Å². The molecule has 0 bridgehead atoms. The van der Waals surface area contributed by atoms with Gasteiger partial charge in [-0.25, -0.2) is 13.1 Å². The average Bonchev–Trinajstić information content (AvgIpc) is 2.49. The van der Waals surface area contributed by atoms with Crippen LogP contribution in [-0.4, -0.2) is 25.5 Å². The van der Waals surface area contributed by atoms with Crippen molar-refractivity contribution < 1.29 is 8.42 Å². The first-order valence-corrected chi connectivity index (χ1v) is 8.68. The molecule has 1 fully saturated rings. The van der Waals surface area contributed by atoms with Crippen LogP contribution in [0.15, 0.2) is 41.4 Å². The van der Waals surface area contributed by atoms with Crippen LogP contribution >= 0.6 is 0 Å². The summed E-state index contributed by atoms with van der Waals surface area (Å²) in [5, 5.41) is 0.636. The van der Waals surface area contributed by atoms with Gasteiger partial charge in [0.05, 0.1) is 10.4 Å². The second-order valence-electron chi connectivity index (χ2n) is 5.50. The minimum absolute atomic E-state index is 0.110. The fourth-order valence-electron chi connectivity index (χ4n) is 2.88. The van der Waals surface area contributed by atoms with Crippen LogP contribution in [0.1, 0.15) is 25.7 Å². The largest absolute Gasteiger partial charge is 0.326 e. The zero-order chi connectivity index (χ0) is 14.9. The highest BCUT2D eigenvalue weighted by atomic mass is 32.2. The van der Waals surface area contributed by atoms with Crippen LogP contribution in [0.5, 0.6) is 0 Å². The number of hydrogen-bond acceptors (Lipinski definition) is 4. The molecule has 21 heavy (non-hydrogen) atoms. The van der Waals surface area contributed by atoms with Crippen molar-refractivity contribution in [2.75, 3.05) is 0 Å². The second-order valence-corrected chi connectivity index (χ2v) is 7.18. The lowest BCUT2D eigenvalue weighted by Crippen LogP contribution is -2.49. The standard InChI is InChI=1S/C15H19N3O2S/c16-12-6-1-2-7-14(12)18-21(19,20)15-9-3-8-13-11(15)5-4-10-17-13/h3-5,8-10,12,14,18H,1-2,6-7,16H2. The van der Waals surface area contributed by atoms with E-state index in [4.69, 9.17) is 5.73 Å². The summed E-state index contributed by atoms with van der Waals surface area (Å²) in [6, 6.07) is 8.36. The molecule has 0 saturated heterocycles. The summed E-state index contributed by atoms with van der Waals surface area (Å²) < 4.78 is 28.1. The number of hydrogen-bond donors (Lipinski definition) is 2. The Hall–Kier alpha value is -1.50. The molecule has 1 aromatic heterocycles. The fraction of sp³-hybridized carbons (Fsp3) is 0.400. The summed E-state index contributed by atoms with van der Waals surface area (Å²) in [5.74, 6) is 0. The monoisotopic (exact) mass is 305 g/mol. The highest BCUT2D eigenvalue weighted by molar-refractivity contribution is 7.89. The number of fused-ring (bicyclic) bond motifs is 1. The molecule has 1 aliphatic rings. The molecule has 112 valence electrons. The fourth-order valence-corrected chi connectivity index (χ4v) is 4.42. The van der Waals surface area contributed by atoms with Crippen molar-refractivity contribution in [3.8, 4) is 0 Å². The third kappa shape index (κ3) is 2.92. The average molecular weight is 305 g/mol. The molecular weight excluding hydrogens is 286 g/mol. The quantitative estimate of drug-likeness (QED) is 0.905. The van der Waals surface area contributed by atoms with E-state index in [1.165, 1.54) is 0 Å². The number of nitrogens with one attached hydrogen (secondary N) is 1. The molecule has 0 aliphatic heterocycles. The number of aromatic nitrogens is 1. The molecule has 1 saturated carbocycles. The number of benzene rings is 1. The van der Waals surface area contributed by atoms with E-state index >= 15 is 0 Å². The van der Waals surface area contributed by atoms with Crippen molar-refractivity contribution in [1.29, 1.82) is 0 Å². The minimum Gasteiger partial charge on any atom is -0.326 e. The molecule has 1 aliphatic carbocycles. The smallest absolute Gasteiger partial charge is 0.241 e. The van der Waals surface area contributed by atoms with Gasteiger partial charge in [-0.2, -0.15) is 0 Å². The van der Waals surface area contributed by atoms with Crippen LogP contribution in [0.25, 0.3) is 10.9 Å². The third-order valence-electron chi connectivity index (χ3n) is 4.02. The van der Waals surface area contributed by atoms with Crippen molar-refractivity contribution >= 4 is 20.9 Å². The number of rotatable bonds is 3. The number of pyridine rings is 1. The summed E-state index contributed by atoms with van der Waals surface area (Å²) in [5.41, 5.74) is 6.71. The molecule has 2 unspecified atom stereocenters. The first-order chi connectivity index (χ1) is 10.1. The predicted molar refractivity (Wildman–Crippen MR) is 82.3 cm³/mol. The molecule has 6 heteroatoms. The summed E-state index contributed by atoms with van der Waals surface area (Å²) in [6.45, 7) is 0. The first kappa shape index (κ1) is 14.4. The first-order valence-electron chi connectivity index (χ1n) is 7.19. The lowest BCUT2D eigenvalue weighted by atomic mass is 9.92. The Balaban J connectivity index is 1.97. The molecule has 3 N–H and O–H groups in total. The Bertz CT molecular complexity index is 740. The predicted octanol–water partition coefficient (Wildman–Crippen LogP) is 1.78. The van der Waals surface area contributed by atoms with Gasteiger partial charge < -0.3 is 5.73 Å². The number of nitrogens with zero attached hydrogens (tertiary/aromatic N) is 1. The molecule has 3 rings (SSSR count). The highest BCUT2D eigenvalue weighted by Crippen LogP contribution is 2.23. The summed E-state index contributed by atoms with van der Waals surface area (Å²) >= 11 is 0. The van der Waals surface area contributed by atoms with Crippen molar-refractivity contribution in [3.63, 3.8) is 0 Å². The van der Waals surface area contributed by atoms with Gasteiger partial charge in [0.1, 0.15) is 0 Å². The van der Waals surface area contributed by atoms with Crippen LogP contribution in [0.3, 0.4) is 0 Å². The van der Waals surface area contributed by atoms with E-state index in [1.807, 2.05) is 0 Å². The van der Waals surface area contributed by atoms with Crippen LogP contribution in [0.2, 0.25) is 0 Å². The van der Waals surface area contributed by atoms with E-state index in [0.717, 1.165) is 25.7 Å². The van der Waals surface area contributed by atoms with Crippen LogP contribution < -0.4 is 10.5 Å². The Morgan fingerprint density at radius 1 is 1.14 bits per heavy atom. The molecule has 0 radical (unpaired) electrons. The lowest BCUT2D eigenvalue weighted by molar-refractivity contribution is 0.361. The number of sulfonamides is 1. The Morgan fingerprint density at radius 2 is 1.95 bits per heavy atom. The highest BCUT2D eigenvalue weighted by Gasteiger charge is 2.28. The SMILES string of the molecule is NC1CCCCC1NS(=O)(=O)c1cccc2ncccc12. The van der Waals surface area contributed by atoms with Crippen LogP contribution in [0.4, 0.5) is 0 Å². The van der Waals surface area contributed by atoms with Gasteiger partial charge in [-0.3, -0.25) is 4.98 Å². The molecule has 0 spiro atoms. The van der Waals surface area contributed by atoms with E-state index in [9.17, 15) is 8.42 Å². The minimum atomic E-state index is -3.59. The van der Waals surface area contributed by atoms with Crippen molar-refractivity contribution in [3.05, 3.63) is 36.5 Å². The Morgan fingerprint density at radius 3 is 2.76 bits per heavy atom. The van der Waals surface area contributed by atoms with Crippen molar-refractivity contribution in [2.24, 2.45) is 5.73 Å². The Kier molecular flexibility index (Phi) is 3.93. The van der Waals surface area contributed by atoms with Gasteiger partial charge in [0.2, 0.25) is 10.0 Å². The Labute approximate surface area is 124 Å². The summed E-state index contributed by atoms with van der Waals surface area (Å²) in [6.07, 6.45) is 5.40. The third-order valence-corrected chi connectivity index (χ3v) is 5.57. The zero-order valence-electron chi connectivity index (χ0n) is 11.7. The van der Waals surface area contributed by atoms with Crippen LogP contribution in [-0.2, 0) is 10.0 Å². The normalized spacial score (nSPS) is 23.3. The maximum atomic E-state index is 12.7. The number of nitrogens with two attached hydrogens (primary N) is 1. The van der Waals surface area contributed by atoms with E-state index in [2.05, 4.69) is 9.71 Å². The molecule has 0 amide bonds. The molecule has 1 heterocycles. The second kappa shape index (κ2) is 5.71. The van der Waals surface area contributed by atoms with Crippen LogP contribution in [0, 0.1) is 0 Å². The zero-order valence-corrected chi connectivity index (χ0v) is 12.5. The molecule has 2 aromatic rings. The maximum absolute atomic E-state index is 12.7. The van der Waals surface area contributed by atoms with Gasteiger partial charge in [-0.05, 0) is 37.1 Å². The van der Waals surface area contributed by atoms with Crippen molar-refractivity contribution in [1.82, 2.24) is 9.71 Å². The van der Waals surface area contributed by atoms with Crippen molar-refractivity contribution in [2.45, 2.75) is 42.7 Å². The van der Waals surface area contributed by atoms with Gasteiger partial charge in [-0.1, -0.05) is 18.9 Å². The van der Waals surface area contributed by atoms with Gasteiger partial charge in [0.25, 0.3) is 0 Å². The van der Waals surface area contributed by atoms with E-state index < -0.39 is 10.0 Å². The van der Waals surface area contributed by atoms with Gasteiger partial charge >= 0.3 is 0 Å². The molecule has 2 atom stereocenters. The van der Waals surface area contributed by atoms with E-state index in [0.29, 0.717) is 10.9 Å². The molecule has 5 nitrogen and oxygen atoms in total. The summed E-state index contributed by atoms with van der Waals surface area (Å²) in [7, 11) is -3.59. The van der Waals surface area contributed by atoms with Gasteiger partial charge in [0.15, 0.2) is 0 Å². The molecular formula is C15H19N3O2S. The lowest BCUT2D eigenvalue weighted by Gasteiger charge is -2.29. The summed E-state index contributed by atoms with van der Waals surface area (Å²) in [4.78, 5) is 4.47. The van der Waals surface area contributed by atoms with Gasteiger partial charge in [-0.15, -0.1) is 0 Å². The van der Waals surface area contributed by atoms with Gasteiger partial charge in [0, 0.05) is 23.7 Å². The molecule has 1 aromatic carbocycles. The maximum Gasteiger partial charge on any atom is 0.241 e.